The molecule has 0 radical (unpaired) electrons. The fourth-order valence-corrected chi connectivity index (χ4v) is 5.69. The third-order valence-electron chi connectivity index (χ3n) is 4.85. The average molecular weight is 501 g/mol. The van der Waals surface area contributed by atoms with E-state index in [9.17, 15) is 19.5 Å². The predicted molar refractivity (Wildman–Crippen MR) is 123 cm³/mol. The Balaban J connectivity index is 1.78. The van der Waals surface area contributed by atoms with Gasteiger partial charge in [-0.1, -0.05) is 17.4 Å². The molecule has 0 saturated carbocycles. The molecule has 0 aromatic carbocycles. The molecule has 13 nitrogen and oxygen atoms in total. The van der Waals surface area contributed by atoms with E-state index in [0.717, 1.165) is 11.3 Å². The molecule has 2 saturated heterocycles. The van der Waals surface area contributed by atoms with Crippen LogP contribution in [-0.2, 0) is 19.2 Å². The number of nitrogens with one attached hydrogen (secondary N) is 2. The topological polar surface area (TPSA) is 198 Å². The Morgan fingerprint density at radius 3 is 2.75 bits per heavy atom. The molecule has 0 spiro atoms. The molecule has 172 valence electrons. The van der Waals surface area contributed by atoms with Crippen LogP contribution in [0.2, 0.25) is 0 Å². The minimum Gasteiger partial charge on any atom is -0.480 e. The van der Waals surface area contributed by atoms with Gasteiger partial charge < -0.3 is 37.1 Å². The minimum absolute atomic E-state index is 0.0237. The summed E-state index contributed by atoms with van der Waals surface area (Å²) in [7, 11) is 2.76. The number of nitrogens with two attached hydrogens (primary N) is 2. The van der Waals surface area contributed by atoms with Crippen molar-refractivity contribution >= 4 is 74.6 Å². The largest absolute Gasteiger partial charge is 0.480 e. The van der Waals surface area contributed by atoms with Crippen molar-refractivity contribution in [2.24, 2.45) is 21.4 Å². The zero-order chi connectivity index (χ0) is 23.6. The van der Waals surface area contributed by atoms with Gasteiger partial charge in [-0.05, 0) is 0 Å². The van der Waals surface area contributed by atoms with Crippen molar-refractivity contribution in [1.29, 1.82) is 0 Å². The standard InChI is InChI=1S/C16H20N8O5S3/c1-19-22-9(10(17)30)16(14(27)28)4-24-12(26)8(13(24)32-5-16)21-11(25)7(23-29-2)6-3-31-15(18)20-6/h3,8,13,19H,4-5H2,1-2H3,(H2,17,30)(H2,18,20)(H,21,25)(H,27,28)/t8?,13-,16?/m1/s1. The number of carboxylic acids is 1. The summed E-state index contributed by atoms with van der Waals surface area (Å²) in [5, 5.41) is 21.5. The van der Waals surface area contributed by atoms with Crippen molar-refractivity contribution in [1.82, 2.24) is 20.6 Å². The molecule has 32 heavy (non-hydrogen) atoms. The van der Waals surface area contributed by atoms with Crippen LogP contribution in [0.5, 0.6) is 0 Å². The number of oxime groups is 1. The van der Waals surface area contributed by atoms with E-state index >= 15 is 0 Å². The molecule has 7 N–H and O–H groups in total. The molecule has 2 aliphatic heterocycles. The van der Waals surface area contributed by atoms with Crippen LogP contribution in [0.4, 0.5) is 5.13 Å². The summed E-state index contributed by atoms with van der Waals surface area (Å²) in [6, 6.07) is -0.883. The van der Waals surface area contributed by atoms with E-state index in [1.807, 2.05) is 0 Å². The van der Waals surface area contributed by atoms with Gasteiger partial charge in [-0.3, -0.25) is 14.4 Å². The summed E-state index contributed by atoms with van der Waals surface area (Å²) in [6.07, 6.45) is 0. The van der Waals surface area contributed by atoms with Crippen LogP contribution in [0.3, 0.4) is 0 Å². The summed E-state index contributed by atoms with van der Waals surface area (Å²) < 4.78 is 0. The molecule has 2 amide bonds. The SMILES string of the molecule is CNN=C(C(N)=S)C1(C(=O)O)CS[C@@H]2C(NC(=O)C(=NOC)c3csc(N)n3)C(=O)N2C1. The van der Waals surface area contributed by atoms with Gasteiger partial charge in [0.25, 0.3) is 5.91 Å². The molecule has 3 rings (SSSR count). The Morgan fingerprint density at radius 2 is 2.22 bits per heavy atom. The molecule has 3 heterocycles. The van der Waals surface area contributed by atoms with Gasteiger partial charge in [-0.15, -0.1) is 23.1 Å². The van der Waals surface area contributed by atoms with Crippen LogP contribution < -0.4 is 22.2 Å². The van der Waals surface area contributed by atoms with Crippen LogP contribution in [0.15, 0.2) is 15.6 Å². The van der Waals surface area contributed by atoms with Gasteiger partial charge in [0.2, 0.25) is 5.91 Å². The van der Waals surface area contributed by atoms with Crippen molar-refractivity contribution in [3.8, 4) is 0 Å². The van der Waals surface area contributed by atoms with Gasteiger partial charge in [-0.2, -0.15) is 5.10 Å². The smallest absolute Gasteiger partial charge is 0.318 e. The lowest BCUT2D eigenvalue weighted by Crippen LogP contribution is -2.75. The van der Waals surface area contributed by atoms with Crippen LogP contribution in [0.1, 0.15) is 5.69 Å². The highest BCUT2D eigenvalue weighted by molar-refractivity contribution is 8.00. The molecule has 16 heteroatoms. The lowest BCUT2D eigenvalue weighted by molar-refractivity contribution is -0.154. The second-order valence-corrected chi connectivity index (χ2v) is 9.18. The summed E-state index contributed by atoms with van der Waals surface area (Å²) in [5.41, 5.74) is 12.3. The highest BCUT2D eigenvalue weighted by Crippen LogP contribution is 2.43. The number of aromatic nitrogens is 1. The number of carboxylic acid groups (broad SMARTS) is 1. The van der Waals surface area contributed by atoms with E-state index in [2.05, 4.69) is 26.0 Å². The number of fused-ring (bicyclic) bond motifs is 1. The summed E-state index contributed by atoms with van der Waals surface area (Å²) in [6.45, 7) is -0.190. The number of amides is 2. The fourth-order valence-electron chi connectivity index (χ4n) is 3.36. The molecular formula is C16H20N8O5S3. The number of hydrogen-bond donors (Lipinski definition) is 5. The van der Waals surface area contributed by atoms with Gasteiger partial charge in [-0.25, -0.2) is 4.98 Å². The van der Waals surface area contributed by atoms with E-state index in [1.54, 1.807) is 0 Å². The number of nitrogen functional groups attached to an aromatic ring is 1. The second-order valence-electron chi connectivity index (χ2n) is 6.75. The number of nitrogens with zero attached hydrogens (tertiary/aromatic N) is 4. The maximum Gasteiger partial charge on any atom is 0.318 e. The maximum absolute atomic E-state index is 12.8. The molecule has 1 aromatic heterocycles. The monoisotopic (exact) mass is 500 g/mol. The Bertz CT molecular complexity index is 1030. The van der Waals surface area contributed by atoms with Crippen LogP contribution in [0, 0.1) is 5.41 Å². The molecule has 0 bridgehead atoms. The molecule has 2 unspecified atom stereocenters. The van der Waals surface area contributed by atoms with Crippen molar-refractivity contribution in [3.05, 3.63) is 11.1 Å². The quantitative estimate of drug-likeness (QED) is 0.119. The summed E-state index contributed by atoms with van der Waals surface area (Å²) in [4.78, 5) is 47.6. The molecule has 1 aromatic rings. The highest BCUT2D eigenvalue weighted by Gasteiger charge is 2.60. The van der Waals surface area contributed by atoms with Crippen molar-refractivity contribution in [2.45, 2.75) is 11.4 Å². The average Bonchev–Trinajstić information content (AvgIpc) is 3.18. The van der Waals surface area contributed by atoms with Gasteiger partial charge in [0.1, 0.15) is 40.3 Å². The van der Waals surface area contributed by atoms with Gasteiger partial charge in [0.05, 0.1) is 0 Å². The first kappa shape index (κ1) is 23.7. The molecule has 2 fully saturated rings. The highest BCUT2D eigenvalue weighted by atomic mass is 32.2. The third kappa shape index (κ3) is 4.07. The first-order valence-electron chi connectivity index (χ1n) is 9.00. The first-order chi connectivity index (χ1) is 15.2. The molecular weight excluding hydrogens is 480 g/mol. The molecule has 0 aliphatic carbocycles. The fraction of sp³-hybridized carbons (Fsp3) is 0.438. The second kappa shape index (κ2) is 9.25. The Kier molecular flexibility index (Phi) is 6.85. The zero-order valence-electron chi connectivity index (χ0n) is 16.9. The zero-order valence-corrected chi connectivity index (χ0v) is 19.3. The Hall–Kier alpha value is -2.98. The number of anilines is 1. The van der Waals surface area contributed by atoms with E-state index in [-0.39, 0.29) is 39.5 Å². The number of rotatable bonds is 8. The first-order valence-corrected chi connectivity index (χ1v) is 11.3. The predicted octanol–water partition coefficient (Wildman–Crippen LogP) is -1.59. The number of thiazole rings is 1. The van der Waals surface area contributed by atoms with Crippen LogP contribution >= 0.6 is 35.3 Å². The Labute approximate surface area is 195 Å². The number of hydrazone groups is 1. The van der Waals surface area contributed by atoms with Gasteiger partial charge in [0.15, 0.2) is 10.8 Å². The number of aliphatic carboxylic acids is 1. The minimum atomic E-state index is -1.58. The van der Waals surface area contributed by atoms with Crippen molar-refractivity contribution in [3.63, 3.8) is 0 Å². The van der Waals surface area contributed by atoms with Gasteiger partial charge in [0, 0.05) is 24.7 Å². The van der Waals surface area contributed by atoms with E-state index < -0.39 is 34.6 Å². The third-order valence-corrected chi connectivity index (χ3v) is 7.25. The molecule has 2 aliphatic rings. The lowest BCUT2D eigenvalue weighted by Gasteiger charge is -2.53. The lowest BCUT2D eigenvalue weighted by atomic mass is 9.82. The van der Waals surface area contributed by atoms with E-state index in [1.165, 1.54) is 36.2 Å². The number of carbonyl (C=O) groups is 3. The summed E-state index contributed by atoms with van der Waals surface area (Å²) in [5.74, 6) is -2.29. The van der Waals surface area contributed by atoms with Crippen LogP contribution in [-0.4, -0.2) is 87.1 Å². The number of carbonyl (C=O) groups excluding carboxylic acids is 2. The number of thioether (sulfide) groups is 1. The number of β-lactam (4-membered cyclic amide) rings is 1. The normalized spacial score (nSPS) is 25.4. The summed E-state index contributed by atoms with van der Waals surface area (Å²) >= 11 is 7.29. The van der Waals surface area contributed by atoms with Gasteiger partial charge >= 0.3 is 5.97 Å². The van der Waals surface area contributed by atoms with Crippen LogP contribution in [0.25, 0.3) is 0 Å². The number of hydrogen-bond acceptors (Lipinski definition) is 12. The van der Waals surface area contributed by atoms with E-state index in [0.29, 0.717) is 0 Å². The molecule has 3 atom stereocenters. The van der Waals surface area contributed by atoms with Crippen molar-refractivity contribution in [2.75, 3.05) is 32.2 Å². The number of thiocarbonyl (C=S) groups is 1. The maximum atomic E-state index is 12.8. The van der Waals surface area contributed by atoms with Crippen molar-refractivity contribution < 1.29 is 24.3 Å². The Morgan fingerprint density at radius 1 is 1.50 bits per heavy atom. The van der Waals surface area contributed by atoms with E-state index in [4.69, 9.17) is 28.5 Å².